The number of amides is 2. The van der Waals surface area contributed by atoms with Gasteiger partial charge in [-0.15, -0.1) is 0 Å². The van der Waals surface area contributed by atoms with E-state index in [2.05, 4.69) is 14.9 Å². The number of piperazine rings is 1. The number of aryl methyl sites for hydroxylation is 1. The zero-order chi connectivity index (χ0) is 22.7. The maximum Gasteiger partial charge on any atom is 0.272 e. The first kappa shape index (κ1) is 22.0. The summed E-state index contributed by atoms with van der Waals surface area (Å²) >= 11 is 0. The molecule has 8 nitrogen and oxygen atoms in total. The fourth-order valence-corrected chi connectivity index (χ4v) is 4.52. The number of benzene rings is 1. The molecule has 2 amide bonds. The Morgan fingerprint density at radius 1 is 1.00 bits per heavy atom. The summed E-state index contributed by atoms with van der Waals surface area (Å²) in [7, 11) is 1.62. The molecule has 0 spiro atoms. The van der Waals surface area contributed by atoms with Gasteiger partial charge in [-0.1, -0.05) is 12.1 Å². The molecule has 4 rings (SSSR count). The van der Waals surface area contributed by atoms with Crippen LogP contribution in [0.2, 0.25) is 0 Å². The minimum atomic E-state index is -0.208. The Morgan fingerprint density at radius 2 is 1.72 bits per heavy atom. The van der Waals surface area contributed by atoms with Crippen molar-refractivity contribution in [1.29, 1.82) is 0 Å². The quantitative estimate of drug-likeness (QED) is 0.732. The van der Waals surface area contributed by atoms with E-state index in [0.29, 0.717) is 31.3 Å². The fourth-order valence-electron chi connectivity index (χ4n) is 4.52. The normalized spacial score (nSPS) is 19.1. The topological polar surface area (TPSA) is 78.9 Å². The Bertz CT molecular complexity index is 972. The zero-order valence-corrected chi connectivity index (χ0v) is 19.1. The predicted molar refractivity (Wildman–Crippen MR) is 122 cm³/mol. The van der Waals surface area contributed by atoms with E-state index in [-0.39, 0.29) is 17.9 Å². The van der Waals surface area contributed by atoms with Crippen molar-refractivity contribution in [2.75, 3.05) is 44.7 Å². The first-order valence-electron chi connectivity index (χ1n) is 11.3. The van der Waals surface area contributed by atoms with Crippen LogP contribution in [-0.2, 0) is 4.79 Å². The van der Waals surface area contributed by atoms with Crippen LogP contribution in [0.3, 0.4) is 0 Å². The van der Waals surface area contributed by atoms with E-state index < -0.39 is 0 Å². The fraction of sp³-hybridized carbons (Fsp3) is 0.500. The summed E-state index contributed by atoms with van der Waals surface area (Å²) < 4.78 is 5.26. The Labute approximate surface area is 189 Å². The monoisotopic (exact) mass is 437 g/mol. The second kappa shape index (κ2) is 9.54. The van der Waals surface area contributed by atoms with Crippen molar-refractivity contribution in [1.82, 2.24) is 19.8 Å². The number of hydrogen-bond acceptors (Lipinski definition) is 6. The molecule has 2 saturated heterocycles. The Morgan fingerprint density at radius 3 is 2.38 bits per heavy atom. The molecule has 2 aliphatic rings. The van der Waals surface area contributed by atoms with E-state index in [1.54, 1.807) is 25.0 Å². The van der Waals surface area contributed by atoms with Gasteiger partial charge in [0.05, 0.1) is 13.2 Å². The van der Waals surface area contributed by atoms with E-state index in [1.807, 2.05) is 36.1 Å². The molecule has 0 unspecified atom stereocenters. The van der Waals surface area contributed by atoms with Crippen molar-refractivity contribution < 1.29 is 14.3 Å². The highest BCUT2D eigenvalue weighted by atomic mass is 16.5. The molecule has 3 heterocycles. The summed E-state index contributed by atoms with van der Waals surface area (Å²) in [5.74, 6) is 1.29. The van der Waals surface area contributed by atoms with Crippen LogP contribution in [0.25, 0.3) is 0 Å². The first-order valence-corrected chi connectivity index (χ1v) is 11.3. The molecule has 0 N–H and O–H groups in total. The SMILES string of the molecule is COc1ccc([C@@H]2CN(C(=O)c3cc(C)nc(N4CCCCC4)n3)CCN2C(C)=O)cc1. The molecule has 2 fully saturated rings. The van der Waals surface area contributed by atoms with Crippen molar-refractivity contribution in [2.45, 2.75) is 39.2 Å². The van der Waals surface area contributed by atoms with Crippen LogP contribution in [0, 0.1) is 6.92 Å². The van der Waals surface area contributed by atoms with Gasteiger partial charge in [0.15, 0.2) is 0 Å². The maximum atomic E-state index is 13.4. The average molecular weight is 438 g/mol. The van der Waals surface area contributed by atoms with Crippen molar-refractivity contribution in [3.05, 3.63) is 47.3 Å². The number of aromatic nitrogens is 2. The van der Waals surface area contributed by atoms with Crippen molar-refractivity contribution >= 4 is 17.8 Å². The van der Waals surface area contributed by atoms with Crippen LogP contribution >= 0.6 is 0 Å². The number of ether oxygens (including phenoxy) is 1. The number of anilines is 1. The second-order valence-corrected chi connectivity index (χ2v) is 8.49. The molecule has 0 aliphatic carbocycles. The molecular formula is C24H31N5O3. The number of carbonyl (C=O) groups excluding carboxylic acids is 2. The number of rotatable bonds is 4. The van der Waals surface area contributed by atoms with Crippen LogP contribution in [0.15, 0.2) is 30.3 Å². The van der Waals surface area contributed by atoms with Gasteiger partial charge in [0.25, 0.3) is 5.91 Å². The number of piperidine rings is 1. The molecule has 1 atom stereocenters. The number of methoxy groups -OCH3 is 1. The molecule has 1 aromatic carbocycles. The van der Waals surface area contributed by atoms with Gasteiger partial charge in [-0.05, 0) is 49.9 Å². The third-order valence-corrected chi connectivity index (χ3v) is 6.27. The summed E-state index contributed by atoms with van der Waals surface area (Å²) in [6.45, 7) is 6.72. The van der Waals surface area contributed by atoms with Crippen LogP contribution < -0.4 is 9.64 Å². The zero-order valence-electron chi connectivity index (χ0n) is 19.1. The van der Waals surface area contributed by atoms with Gasteiger partial charge < -0.3 is 19.4 Å². The highest BCUT2D eigenvalue weighted by molar-refractivity contribution is 5.93. The largest absolute Gasteiger partial charge is 0.497 e. The van der Waals surface area contributed by atoms with Gasteiger partial charge in [0, 0.05) is 45.3 Å². The Hall–Kier alpha value is -3.16. The summed E-state index contributed by atoms with van der Waals surface area (Å²) in [6, 6.07) is 9.23. The molecule has 2 aromatic rings. The van der Waals surface area contributed by atoms with Crippen molar-refractivity contribution in [3.8, 4) is 5.75 Å². The molecule has 2 aliphatic heterocycles. The highest BCUT2D eigenvalue weighted by Crippen LogP contribution is 2.28. The maximum absolute atomic E-state index is 13.4. The van der Waals surface area contributed by atoms with Gasteiger partial charge in [-0.25, -0.2) is 9.97 Å². The standard InChI is InChI=1S/C24H31N5O3/c1-17-15-21(26-24(25-17)27-11-5-4-6-12-27)23(31)28-13-14-29(18(2)30)22(16-28)19-7-9-20(32-3)10-8-19/h7-10,15,22H,4-6,11-14,16H2,1-3H3/t22-/m0/s1. The first-order chi connectivity index (χ1) is 15.5. The van der Waals surface area contributed by atoms with Gasteiger partial charge in [-0.2, -0.15) is 0 Å². The molecule has 8 heteroatoms. The second-order valence-electron chi connectivity index (χ2n) is 8.49. The third-order valence-electron chi connectivity index (χ3n) is 6.27. The minimum absolute atomic E-state index is 0.00295. The van der Waals surface area contributed by atoms with E-state index in [0.717, 1.165) is 42.9 Å². The van der Waals surface area contributed by atoms with Crippen molar-refractivity contribution in [2.24, 2.45) is 0 Å². The summed E-state index contributed by atoms with van der Waals surface area (Å²) in [5.41, 5.74) is 2.19. The minimum Gasteiger partial charge on any atom is -0.497 e. The Balaban J connectivity index is 1.57. The molecule has 32 heavy (non-hydrogen) atoms. The molecule has 1 aromatic heterocycles. The number of hydrogen-bond donors (Lipinski definition) is 0. The highest BCUT2D eigenvalue weighted by Gasteiger charge is 2.33. The predicted octanol–water partition coefficient (Wildman–Crippen LogP) is 2.83. The number of carbonyl (C=O) groups is 2. The lowest BCUT2D eigenvalue weighted by molar-refractivity contribution is -0.133. The summed E-state index contributed by atoms with van der Waals surface area (Å²) in [5, 5.41) is 0. The average Bonchev–Trinajstić information content (AvgIpc) is 2.83. The van der Waals surface area contributed by atoms with E-state index in [4.69, 9.17) is 4.74 Å². The van der Waals surface area contributed by atoms with Crippen molar-refractivity contribution in [3.63, 3.8) is 0 Å². The summed E-state index contributed by atoms with van der Waals surface area (Å²) in [6.07, 6.45) is 3.47. The third kappa shape index (κ3) is 4.69. The lowest BCUT2D eigenvalue weighted by atomic mass is 10.0. The molecule has 0 saturated carbocycles. The van der Waals surface area contributed by atoms with Crippen LogP contribution in [0.1, 0.15) is 54.0 Å². The van der Waals surface area contributed by atoms with E-state index in [1.165, 1.54) is 6.42 Å². The van der Waals surface area contributed by atoms with Gasteiger partial charge >= 0.3 is 0 Å². The van der Waals surface area contributed by atoms with Gasteiger partial charge in [0.2, 0.25) is 11.9 Å². The van der Waals surface area contributed by atoms with Gasteiger partial charge in [0.1, 0.15) is 11.4 Å². The molecule has 170 valence electrons. The van der Waals surface area contributed by atoms with Crippen LogP contribution in [-0.4, -0.2) is 71.4 Å². The molecule has 0 radical (unpaired) electrons. The van der Waals surface area contributed by atoms with Crippen LogP contribution in [0.5, 0.6) is 5.75 Å². The summed E-state index contributed by atoms with van der Waals surface area (Å²) in [4.78, 5) is 40.7. The number of nitrogens with zero attached hydrogens (tertiary/aromatic N) is 5. The molecule has 0 bridgehead atoms. The smallest absolute Gasteiger partial charge is 0.272 e. The Kier molecular flexibility index (Phi) is 6.58. The lowest BCUT2D eigenvalue weighted by Crippen LogP contribution is -2.52. The van der Waals surface area contributed by atoms with E-state index in [9.17, 15) is 9.59 Å². The lowest BCUT2D eigenvalue weighted by Gasteiger charge is -2.41. The van der Waals surface area contributed by atoms with Crippen LogP contribution in [0.4, 0.5) is 5.95 Å². The molecular weight excluding hydrogens is 406 g/mol. The van der Waals surface area contributed by atoms with E-state index >= 15 is 0 Å². The van der Waals surface area contributed by atoms with Gasteiger partial charge in [-0.3, -0.25) is 9.59 Å².